The summed E-state index contributed by atoms with van der Waals surface area (Å²) in [6, 6.07) is -0.123. The summed E-state index contributed by atoms with van der Waals surface area (Å²) in [5.41, 5.74) is -0.335. The number of rotatable bonds is 8. The van der Waals surface area contributed by atoms with Gasteiger partial charge in [-0.2, -0.15) is 0 Å². The molecule has 1 aromatic rings. The molecule has 1 rings (SSSR count). The van der Waals surface area contributed by atoms with Crippen molar-refractivity contribution >= 4 is 17.7 Å². The lowest BCUT2D eigenvalue weighted by molar-refractivity contribution is -0.133. The molecule has 0 aliphatic rings. The van der Waals surface area contributed by atoms with Crippen LogP contribution in [0.4, 0.5) is 0 Å². The molecule has 7 nitrogen and oxygen atoms in total. The fourth-order valence-electron chi connectivity index (χ4n) is 1.65. The van der Waals surface area contributed by atoms with E-state index in [9.17, 15) is 9.59 Å². The molecule has 0 aliphatic heterocycles. The number of methoxy groups -OCH3 is 1. The smallest absolute Gasteiger partial charge is 0.344 e. The highest BCUT2D eigenvalue weighted by Gasteiger charge is 2.19. The molecule has 0 saturated heterocycles. The number of aromatic nitrogens is 3. The second kappa shape index (κ2) is 7.22. The third-order valence-corrected chi connectivity index (χ3v) is 3.28. The minimum absolute atomic E-state index is 0.123. The van der Waals surface area contributed by atoms with Gasteiger partial charge in [0.25, 0.3) is 0 Å². The van der Waals surface area contributed by atoms with Gasteiger partial charge in [0.1, 0.15) is 0 Å². The number of nitrogens with one attached hydrogen (secondary N) is 1. The van der Waals surface area contributed by atoms with E-state index in [1.165, 1.54) is 4.57 Å². The molecule has 102 valence electrons. The zero-order valence-corrected chi connectivity index (χ0v) is 11.2. The van der Waals surface area contributed by atoms with Gasteiger partial charge < -0.3 is 9.84 Å². The van der Waals surface area contributed by atoms with Crippen LogP contribution in [0.15, 0.2) is 9.95 Å². The highest BCUT2D eigenvalue weighted by Crippen LogP contribution is 2.20. The van der Waals surface area contributed by atoms with Crippen LogP contribution < -0.4 is 5.69 Å². The first-order chi connectivity index (χ1) is 8.60. The van der Waals surface area contributed by atoms with Crippen molar-refractivity contribution in [2.24, 2.45) is 0 Å². The molecule has 0 saturated carbocycles. The van der Waals surface area contributed by atoms with Gasteiger partial charge in [-0.05, 0) is 6.42 Å². The molecule has 1 heterocycles. The number of nitrogens with zero attached hydrogens (tertiary/aromatic N) is 2. The first-order valence-electron chi connectivity index (χ1n) is 5.60. The minimum Gasteiger partial charge on any atom is -0.481 e. The van der Waals surface area contributed by atoms with Gasteiger partial charge in [-0.3, -0.25) is 9.36 Å². The lowest BCUT2D eigenvalue weighted by Gasteiger charge is -2.17. The lowest BCUT2D eigenvalue weighted by Crippen LogP contribution is -2.26. The van der Waals surface area contributed by atoms with Crippen LogP contribution in [0.5, 0.6) is 0 Å². The molecule has 0 amide bonds. The van der Waals surface area contributed by atoms with Crippen molar-refractivity contribution in [3.8, 4) is 0 Å². The predicted molar refractivity (Wildman–Crippen MR) is 67.0 cm³/mol. The number of aromatic amines is 1. The molecule has 0 aliphatic carbocycles. The summed E-state index contributed by atoms with van der Waals surface area (Å²) >= 11 is 1.02. The van der Waals surface area contributed by atoms with E-state index in [1.54, 1.807) is 7.11 Å². The molecule has 1 atom stereocenters. The van der Waals surface area contributed by atoms with Crippen LogP contribution in [-0.4, -0.2) is 45.3 Å². The summed E-state index contributed by atoms with van der Waals surface area (Å²) in [6.45, 7) is 2.41. The summed E-state index contributed by atoms with van der Waals surface area (Å²) < 4.78 is 6.56. The van der Waals surface area contributed by atoms with Crippen molar-refractivity contribution in [3.05, 3.63) is 10.5 Å². The normalized spacial score (nSPS) is 12.6. The molecule has 8 heteroatoms. The zero-order valence-electron chi connectivity index (χ0n) is 10.4. The minimum atomic E-state index is -0.944. The molecule has 0 fully saturated rings. The molecule has 0 bridgehead atoms. The Kier molecular flexibility index (Phi) is 5.93. The van der Waals surface area contributed by atoms with E-state index in [0.29, 0.717) is 11.8 Å². The van der Waals surface area contributed by atoms with E-state index in [-0.39, 0.29) is 17.5 Å². The lowest BCUT2D eigenvalue weighted by atomic mass is 10.2. The van der Waals surface area contributed by atoms with Crippen molar-refractivity contribution in [1.29, 1.82) is 0 Å². The van der Waals surface area contributed by atoms with Crippen molar-refractivity contribution in [2.45, 2.75) is 31.0 Å². The van der Waals surface area contributed by atoms with E-state index in [4.69, 9.17) is 9.84 Å². The molecule has 0 spiro atoms. The zero-order chi connectivity index (χ0) is 13.5. The van der Waals surface area contributed by atoms with Crippen LogP contribution in [0.2, 0.25) is 0 Å². The van der Waals surface area contributed by atoms with E-state index in [2.05, 4.69) is 10.2 Å². The van der Waals surface area contributed by atoms with Gasteiger partial charge in [0.15, 0.2) is 5.16 Å². The highest BCUT2D eigenvalue weighted by molar-refractivity contribution is 7.99. The van der Waals surface area contributed by atoms with Gasteiger partial charge in [-0.1, -0.05) is 25.1 Å². The fourth-order valence-corrected chi connectivity index (χ4v) is 2.39. The van der Waals surface area contributed by atoms with Crippen molar-refractivity contribution in [1.82, 2.24) is 14.8 Å². The van der Waals surface area contributed by atoms with Crippen LogP contribution in [0.3, 0.4) is 0 Å². The predicted octanol–water partition coefficient (Wildman–Crippen LogP) is 0.736. The maximum atomic E-state index is 11.7. The summed E-state index contributed by atoms with van der Waals surface area (Å²) in [7, 11) is 1.57. The monoisotopic (exact) mass is 275 g/mol. The van der Waals surface area contributed by atoms with Crippen LogP contribution in [0.1, 0.15) is 25.8 Å². The number of hydrogen-bond donors (Lipinski definition) is 2. The Balaban J connectivity index is 2.92. The van der Waals surface area contributed by atoms with E-state index < -0.39 is 5.97 Å². The van der Waals surface area contributed by atoms with Crippen molar-refractivity contribution in [3.63, 3.8) is 0 Å². The van der Waals surface area contributed by atoms with E-state index in [0.717, 1.165) is 24.6 Å². The summed E-state index contributed by atoms with van der Waals surface area (Å²) in [6.07, 6.45) is 1.67. The van der Waals surface area contributed by atoms with Gasteiger partial charge in [0.2, 0.25) is 0 Å². The number of thioether (sulfide) groups is 1. The largest absolute Gasteiger partial charge is 0.481 e. The maximum Gasteiger partial charge on any atom is 0.344 e. The Labute approximate surface area is 109 Å². The van der Waals surface area contributed by atoms with Gasteiger partial charge in [0.05, 0.1) is 18.4 Å². The first kappa shape index (κ1) is 14.8. The third kappa shape index (κ3) is 3.88. The average Bonchev–Trinajstić information content (AvgIpc) is 2.67. The van der Waals surface area contributed by atoms with Gasteiger partial charge in [-0.15, -0.1) is 5.10 Å². The molecule has 0 radical (unpaired) electrons. The summed E-state index contributed by atoms with van der Waals surface area (Å²) in [5.74, 6) is -1.07. The number of ether oxygens (including phenoxy) is 1. The summed E-state index contributed by atoms with van der Waals surface area (Å²) in [4.78, 5) is 22.2. The SMILES string of the molecule is CCCC(COC)n1c(SCC(=O)O)n[nH]c1=O. The Morgan fingerprint density at radius 1 is 1.67 bits per heavy atom. The number of carboxylic acid groups (broad SMARTS) is 1. The molecule has 18 heavy (non-hydrogen) atoms. The standard InChI is InChI=1S/C10H17N3O4S/c1-3-4-7(5-17-2)13-9(16)11-12-10(13)18-6-8(14)15/h7H,3-6H2,1-2H3,(H,11,16)(H,14,15). The first-order valence-corrected chi connectivity index (χ1v) is 6.59. The van der Waals surface area contributed by atoms with Gasteiger partial charge in [-0.25, -0.2) is 9.89 Å². The summed E-state index contributed by atoms with van der Waals surface area (Å²) in [5, 5.41) is 15.2. The Morgan fingerprint density at radius 2 is 2.39 bits per heavy atom. The number of hydrogen-bond acceptors (Lipinski definition) is 5. The maximum absolute atomic E-state index is 11.7. The quantitative estimate of drug-likeness (QED) is 0.679. The van der Waals surface area contributed by atoms with Crippen molar-refractivity contribution in [2.75, 3.05) is 19.5 Å². The van der Waals surface area contributed by atoms with Gasteiger partial charge in [0, 0.05) is 7.11 Å². The second-order valence-electron chi connectivity index (χ2n) is 3.76. The topological polar surface area (TPSA) is 97.2 Å². The van der Waals surface area contributed by atoms with Crippen molar-refractivity contribution < 1.29 is 14.6 Å². The number of H-pyrrole nitrogens is 1. The van der Waals surface area contributed by atoms with E-state index >= 15 is 0 Å². The van der Waals surface area contributed by atoms with Crippen LogP contribution in [0, 0.1) is 0 Å². The van der Waals surface area contributed by atoms with E-state index in [1.807, 2.05) is 6.92 Å². The molecule has 1 unspecified atom stereocenters. The Hall–Kier alpha value is -1.28. The van der Waals surface area contributed by atoms with Crippen LogP contribution in [0.25, 0.3) is 0 Å². The molecule has 2 N–H and O–H groups in total. The van der Waals surface area contributed by atoms with Crippen LogP contribution >= 0.6 is 11.8 Å². The Bertz CT molecular complexity index is 437. The molecule has 0 aromatic carbocycles. The number of carboxylic acids is 1. The van der Waals surface area contributed by atoms with Gasteiger partial charge >= 0.3 is 11.7 Å². The Morgan fingerprint density at radius 3 is 2.94 bits per heavy atom. The highest BCUT2D eigenvalue weighted by atomic mass is 32.2. The fraction of sp³-hybridized carbons (Fsp3) is 0.700. The molecule has 1 aromatic heterocycles. The van der Waals surface area contributed by atoms with Crippen LogP contribution in [-0.2, 0) is 9.53 Å². The third-order valence-electron chi connectivity index (χ3n) is 2.34. The molecular formula is C10H17N3O4S. The second-order valence-corrected chi connectivity index (χ2v) is 4.70. The number of aliphatic carboxylic acids is 1. The number of carbonyl (C=O) groups is 1. The molecular weight excluding hydrogens is 258 g/mol. The average molecular weight is 275 g/mol.